The number of hydrogen-bond acceptors (Lipinski definition) is 1. The van der Waals surface area contributed by atoms with Gasteiger partial charge in [-0.25, -0.2) is 0 Å². The smallest absolute Gasteiger partial charge is 0.0581 e. The first kappa shape index (κ1) is 10.2. The lowest BCUT2D eigenvalue weighted by Crippen LogP contribution is -2.04. The SMILES string of the molecule is [CH2]C(O)Cc1ccc(Br)cc1Br. The molecule has 0 aromatic heterocycles. The van der Waals surface area contributed by atoms with Crippen molar-refractivity contribution in [3.8, 4) is 0 Å². The van der Waals surface area contributed by atoms with Crippen molar-refractivity contribution in [1.82, 2.24) is 0 Å². The average molecular weight is 293 g/mol. The molecule has 3 heteroatoms. The molecule has 1 unspecified atom stereocenters. The van der Waals surface area contributed by atoms with Crippen LogP contribution in [0.3, 0.4) is 0 Å². The van der Waals surface area contributed by atoms with Gasteiger partial charge in [0.1, 0.15) is 0 Å². The van der Waals surface area contributed by atoms with Crippen LogP contribution in [-0.2, 0) is 6.42 Å². The molecule has 65 valence electrons. The van der Waals surface area contributed by atoms with Crippen molar-refractivity contribution >= 4 is 31.9 Å². The largest absolute Gasteiger partial charge is 0.393 e. The van der Waals surface area contributed by atoms with Crippen LogP contribution in [0.5, 0.6) is 0 Å². The maximum atomic E-state index is 9.06. The van der Waals surface area contributed by atoms with E-state index in [0.29, 0.717) is 6.42 Å². The maximum Gasteiger partial charge on any atom is 0.0581 e. The summed E-state index contributed by atoms with van der Waals surface area (Å²) in [4.78, 5) is 0. The van der Waals surface area contributed by atoms with Gasteiger partial charge in [-0.3, -0.25) is 0 Å². The summed E-state index contributed by atoms with van der Waals surface area (Å²) in [6.07, 6.45) is 0.0379. The molecule has 1 aromatic rings. The summed E-state index contributed by atoms with van der Waals surface area (Å²) >= 11 is 6.76. The third-order valence-corrected chi connectivity index (χ3v) is 2.70. The first-order valence-corrected chi connectivity index (χ1v) is 5.13. The Morgan fingerprint density at radius 2 is 2.08 bits per heavy atom. The van der Waals surface area contributed by atoms with Crippen LogP contribution < -0.4 is 0 Å². The minimum Gasteiger partial charge on any atom is -0.393 e. The quantitative estimate of drug-likeness (QED) is 0.889. The van der Waals surface area contributed by atoms with E-state index in [1.807, 2.05) is 18.2 Å². The lowest BCUT2D eigenvalue weighted by molar-refractivity contribution is 0.221. The van der Waals surface area contributed by atoms with Crippen LogP contribution in [0.2, 0.25) is 0 Å². The zero-order valence-corrected chi connectivity index (χ0v) is 9.60. The van der Waals surface area contributed by atoms with E-state index in [4.69, 9.17) is 5.11 Å². The average Bonchev–Trinajstić information content (AvgIpc) is 1.94. The summed E-state index contributed by atoms with van der Waals surface area (Å²) in [6, 6.07) is 5.86. The second kappa shape index (κ2) is 4.40. The molecule has 0 saturated heterocycles. The van der Waals surface area contributed by atoms with Gasteiger partial charge in [0, 0.05) is 8.95 Å². The lowest BCUT2D eigenvalue weighted by atomic mass is 10.1. The van der Waals surface area contributed by atoms with Gasteiger partial charge in [0.05, 0.1) is 6.10 Å². The molecule has 0 aliphatic carbocycles. The molecule has 0 amide bonds. The molecule has 1 aromatic carbocycles. The van der Waals surface area contributed by atoms with Crippen molar-refractivity contribution in [3.05, 3.63) is 39.6 Å². The summed E-state index contributed by atoms with van der Waals surface area (Å²) < 4.78 is 2.02. The number of benzene rings is 1. The van der Waals surface area contributed by atoms with E-state index in [2.05, 4.69) is 38.8 Å². The van der Waals surface area contributed by atoms with Crippen LogP contribution in [0.1, 0.15) is 5.56 Å². The third-order valence-electron chi connectivity index (χ3n) is 1.47. The van der Waals surface area contributed by atoms with Gasteiger partial charge >= 0.3 is 0 Å². The van der Waals surface area contributed by atoms with Crippen molar-refractivity contribution in [2.24, 2.45) is 0 Å². The minimum atomic E-state index is -0.539. The zero-order chi connectivity index (χ0) is 9.14. The Hall–Kier alpha value is 0.140. The van der Waals surface area contributed by atoms with Gasteiger partial charge in [0.25, 0.3) is 0 Å². The van der Waals surface area contributed by atoms with E-state index in [1.54, 1.807) is 0 Å². The van der Waals surface area contributed by atoms with Gasteiger partial charge in [-0.1, -0.05) is 37.9 Å². The Labute approximate surface area is 89.1 Å². The van der Waals surface area contributed by atoms with E-state index in [0.717, 1.165) is 14.5 Å². The van der Waals surface area contributed by atoms with Crippen LogP contribution >= 0.6 is 31.9 Å². The fourth-order valence-corrected chi connectivity index (χ4v) is 2.15. The Kier molecular flexibility index (Phi) is 3.75. The highest BCUT2D eigenvalue weighted by Gasteiger charge is 2.03. The second-order valence-electron chi connectivity index (χ2n) is 2.59. The molecule has 0 aliphatic heterocycles. The van der Waals surface area contributed by atoms with Crippen molar-refractivity contribution < 1.29 is 5.11 Å². The van der Waals surface area contributed by atoms with Crippen LogP contribution in [0.4, 0.5) is 0 Å². The van der Waals surface area contributed by atoms with Crippen LogP contribution in [0.15, 0.2) is 27.1 Å². The van der Waals surface area contributed by atoms with Gasteiger partial charge < -0.3 is 5.11 Å². The molecule has 0 heterocycles. The second-order valence-corrected chi connectivity index (χ2v) is 4.36. The molecular weight excluding hydrogens is 284 g/mol. The highest BCUT2D eigenvalue weighted by atomic mass is 79.9. The lowest BCUT2D eigenvalue weighted by Gasteiger charge is -2.06. The fraction of sp³-hybridized carbons (Fsp3) is 0.222. The zero-order valence-electron chi connectivity index (χ0n) is 6.43. The molecule has 0 saturated carbocycles. The Morgan fingerprint density at radius 3 is 2.58 bits per heavy atom. The predicted octanol–water partition coefficient (Wildman–Crippen LogP) is 2.95. The molecule has 0 bridgehead atoms. The first-order valence-electron chi connectivity index (χ1n) is 3.54. The van der Waals surface area contributed by atoms with E-state index >= 15 is 0 Å². The molecule has 1 atom stereocenters. The Balaban J connectivity index is 2.86. The molecule has 1 nitrogen and oxygen atoms in total. The number of hydrogen-bond donors (Lipinski definition) is 1. The summed E-state index contributed by atoms with van der Waals surface area (Å²) in [6.45, 7) is 3.52. The molecule has 1 N–H and O–H groups in total. The van der Waals surface area contributed by atoms with E-state index in [9.17, 15) is 0 Å². The van der Waals surface area contributed by atoms with Gasteiger partial charge in [0.2, 0.25) is 0 Å². The molecule has 0 aliphatic rings. The summed E-state index contributed by atoms with van der Waals surface area (Å²) in [5.74, 6) is 0. The molecule has 0 fully saturated rings. The van der Waals surface area contributed by atoms with Crippen molar-refractivity contribution in [2.45, 2.75) is 12.5 Å². The van der Waals surface area contributed by atoms with Crippen molar-refractivity contribution in [2.75, 3.05) is 0 Å². The van der Waals surface area contributed by atoms with E-state index in [-0.39, 0.29) is 0 Å². The Bertz CT molecular complexity index is 271. The molecule has 1 radical (unpaired) electrons. The topological polar surface area (TPSA) is 20.2 Å². The molecule has 1 rings (SSSR count). The standard InChI is InChI=1S/C9H9Br2O/c1-6(12)4-7-2-3-8(10)5-9(7)11/h2-3,5-6,12H,1,4H2. The summed E-state index contributed by atoms with van der Waals surface area (Å²) in [5, 5.41) is 9.06. The highest BCUT2D eigenvalue weighted by Crippen LogP contribution is 2.22. The van der Waals surface area contributed by atoms with Crippen LogP contribution in [0, 0.1) is 6.92 Å². The van der Waals surface area contributed by atoms with Gasteiger partial charge in [0.15, 0.2) is 0 Å². The van der Waals surface area contributed by atoms with Crippen molar-refractivity contribution in [1.29, 1.82) is 0 Å². The number of halogens is 2. The first-order chi connectivity index (χ1) is 5.59. The van der Waals surface area contributed by atoms with E-state index in [1.165, 1.54) is 0 Å². The number of aliphatic hydroxyl groups is 1. The van der Waals surface area contributed by atoms with Gasteiger partial charge in [-0.2, -0.15) is 0 Å². The highest BCUT2D eigenvalue weighted by molar-refractivity contribution is 9.11. The predicted molar refractivity (Wildman–Crippen MR) is 56.9 cm³/mol. The number of rotatable bonds is 2. The normalized spacial score (nSPS) is 13.0. The van der Waals surface area contributed by atoms with Gasteiger partial charge in [-0.05, 0) is 31.0 Å². The molecule has 0 spiro atoms. The summed E-state index contributed by atoms with van der Waals surface area (Å²) in [5.41, 5.74) is 1.07. The minimum absolute atomic E-state index is 0.539. The van der Waals surface area contributed by atoms with Crippen LogP contribution in [0.25, 0.3) is 0 Å². The fourth-order valence-electron chi connectivity index (χ4n) is 0.941. The molecule has 12 heavy (non-hydrogen) atoms. The Morgan fingerprint density at radius 1 is 1.42 bits per heavy atom. The monoisotopic (exact) mass is 291 g/mol. The van der Waals surface area contributed by atoms with Crippen molar-refractivity contribution in [3.63, 3.8) is 0 Å². The van der Waals surface area contributed by atoms with E-state index < -0.39 is 6.10 Å². The van der Waals surface area contributed by atoms with Crippen LogP contribution in [-0.4, -0.2) is 11.2 Å². The summed E-state index contributed by atoms with van der Waals surface area (Å²) in [7, 11) is 0. The maximum absolute atomic E-state index is 9.06. The number of aliphatic hydroxyl groups excluding tert-OH is 1. The third kappa shape index (κ3) is 2.88. The van der Waals surface area contributed by atoms with Gasteiger partial charge in [-0.15, -0.1) is 0 Å². The molecular formula is C9H9Br2O.